The van der Waals surface area contributed by atoms with Crippen LogP contribution in [0.2, 0.25) is 0 Å². The zero-order valence-corrected chi connectivity index (χ0v) is 14.5. The maximum atomic E-state index is 12.5. The third-order valence-electron chi connectivity index (χ3n) is 3.94. The minimum atomic E-state index is -0.573. The maximum absolute atomic E-state index is 12.5. The van der Waals surface area contributed by atoms with Gasteiger partial charge < -0.3 is 14.2 Å². The lowest BCUT2D eigenvalue weighted by molar-refractivity contribution is -0.147. The van der Waals surface area contributed by atoms with Crippen molar-refractivity contribution in [3.63, 3.8) is 0 Å². The highest BCUT2D eigenvalue weighted by molar-refractivity contribution is 5.95. The summed E-state index contributed by atoms with van der Waals surface area (Å²) < 4.78 is 10.3. The third kappa shape index (κ3) is 4.50. The number of carbonyl (C=O) groups excluding carboxylic acids is 2. The van der Waals surface area contributed by atoms with Crippen LogP contribution in [-0.4, -0.2) is 30.2 Å². The fraction of sp³-hybridized carbons (Fsp3) is 0.200. The molecule has 0 N–H and O–H groups in total. The monoisotopic (exact) mass is 363 g/mol. The third-order valence-corrected chi connectivity index (χ3v) is 3.94. The summed E-state index contributed by atoms with van der Waals surface area (Å²) in [6.45, 7) is -0.181. The number of rotatable bonds is 7. The van der Waals surface area contributed by atoms with E-state index in [1.807, 2.05) is 24.3 Å². The van der Waals surface area contributed by atoms with Gasteiger partial charge in [-0.05, 0) is 24.3 Å². The molecular formula is C20H17N3O4. The summed E-state index contributed by atoms with van der Waals surface area (Å²) in [6, 6.07) is 18.2. The molecule has 2 aromatic carbocycles. The normalized spacial score (nSPS) is 10.3. The van der Waals surface area contributed by atoms with Gasteiger partial charge in [0.25, 0.3) is 5.91 Å². The van der Waals surface area contributed by atoms with Crippen molar-refractivity contribution in [3.05, 3.63) is 60.3 Å². The standard InChI is InChI=1S/C20H17N3O4/c21-11-6-12-23(15-7-2-1-3-8-15)19(24)14-26-20(25)13-17-16-9-4-5-10-18(16)27-22-17/h1-5,7-10H,6,12-14H2. The van der Waals surface area contributed by atoms with E-state index in [-0.39, 0.29) is 19.4 Å². The van der Waals surface area contributed by atoms with Crippen molar-refractivity contribution in [2.45, 2.75) is 12.8 Å². The van der Waals surface area contributed by atoms with Gasteiger partial charge in [-0.25, -0.2) is 0 Å². The fourth-order valence-corrected chi connectivity index (χ4v) is 2.64. The van der Waals surface area contributed by atoms with Crippen LogP contribution >= 0.6 is 0 Å². The Kier molecular flexibility index (Phi) is 5.80. The minimum Gasteiger partial charge on any atom is -0.455 e. The number of nitriles is 1. The predicted molar refractivity (Wildman–Crippen MR) is 97.7 cm³/mol. The summed E-state index contributed by atoms with van der Waals surface area (Å²) >= 11 is 0. The zero-order chi connectivity index (χ0) is 19.1. The Balaban J connectivity index is 1.61. The Morgan fingerprint density at radius 3 is 2.63 bits per heavy atom. The molecule has 0 saturated heterocycles. The van der Waals surface area contributed by atoms with E-state index >= 15 is 0 Å². The van der Waals surface area contributed by atoms with Crippen LogP contribution in [0.1, 0.15) is 12.1 Å². The van der Waals surface area contributed by atoms with Crippen molar-refractivity contribution in [2.75, 3.05) is 18.1 Å². The van der Waals surface area contributed by atoms with Crippen LogP contribution in [0.25, 0.3) is 11.0 Å². The van der Waals surface area contributed by atoms with Crippen LogP contribution in [0.5, 0.6) is 0 Å². The number of ether oxygens (including phenoxy) is 1. The van der Waals surface area contributed by atoms with E-state index in [0.717, 1.165) is 5.39 Å². The number of carbonyl (C=O) groups is 2. The highest BCUT2D eigenvalue weighted by Gasteiger charge is 2.19. The van der Waals surface area contributed by atoms with Crippen LogP contribution in [-0.2, 0) is 20.7 Å². The summed E-state index contributed by atoms with van der Waals surface area (Å²) in [5.74, 6) is -0.967. The van der Waals surface area contributed by atoms with E-state index in [2.05, 4.69) is 5.16 Å². The Hall–Kier alpha value is -3.66. The summed E-state index contributed by atoms with van der Waals surface area (Å²) in [6.07, 6.45) is 0.0906. The van der Waals surface area contributed by atoms with Gasteiger partial charge in [0.05, 0.1) is 18.9 Å². The highest BCUT2D eigenvalue weighted by atomic mass is 16.5. The number of esters is 1. The number of nitrogens with zero attached hydrogens (tertiary/aromatic N) is 3. The van der Waals surface area contributed by atoms with Crippen LogP contribution in [0.3, 0.4) is 0 Å². The lowest BCUT2D eigenvalue weighted by Gasteiger charge is -2.21. The van der Waals surface area contributed by atoms with Gasteiger partial charge in [-0.2, -0.15) is 5.26 Å². The molecule has 0 spiro atoms. The molecule has 27 heavy (non-hydrogen) atoms. The van der Waals surface area contributed by atoms with Crippen LogP contribution in [0, 0.1) is 11.3 Å². The molecule has 1 amide bonds. The molecule has 0 saturated carbocycles. The molecule has 0 aliphatic heterocycles. The van der Waals surface area contributed by atoms with E-state index in [4.69, 9.17) is 14.5 Å². The molecule has 0 radical (unpaired) electrons. The molecule has 0 unspecified atom stereocenters. The first-order valence-electron chi connectivity index (χ1n) is 8.40. The van der Waals surface area contributed by atoms with Gasteiger partial charge in [0.1, 0.15) is 5.69 Å². The molecule has 7 heteroatoms. The Morgan fingerprint density at radius 2 is 1.85 bits per heavy atom. The van der Waals surface area contributed by atoms with E-state index in [1.165, 1.54) is 4.90 Å². The first-order valence-corrected chi connectivity index (χ1v) is 8.40. The van der Waals surface area contributed by atoms with Gasteiger partial charge in [0.15, 0.2) is 12.2 Å². The smallest absolute Gasteiger partial charge is 0.312 e. The van der Waals surface area contributed by atoms with Gasteiger partial charge >= 0.3 is 5.97 Å². The first-order chi connectivity index (χ1) is 13.2. The number of amides is 1. The molecule has 0 aliphatic rings. The van der Waals surface area contributed by atoms with Crippen molar-refractivity contribution in [1.29, 1.82) is 5.26 Å². The van der Waals surface area contributed by atoms with E-state index in [1.54, 1.807) is 36.4 Å². The molecule has 7 nitrogen and oxygen atoms in total. The molecule has 0 bridgehead atoms. The maximum Gasteiger partial charge on any atom is 0.312 e. The number of para-hydroxylation sites is 2. The van der Waals surface area contributed by atoms with E-state index in [0.29, 0.717) is 17.0 Å². The van der Waals surface area contributed by atoms with Crippen molar-refractivity contribution in [2.24, 2.45) is 0 Å². The number of aromatic nitrogens is 1. The second-order valence-electron chi connectivity index (χ2n) is 5.75. The number of benzene rings is 2. The average Bonchev–Trinajstić information content (AvgIpc) is 3.10. The number of anilines is 1. The number of hydrogen-bond donors (Lipinski definition) is 0. The van der Waals surface area contributed by atoms with Crippen LogP contribution < -0.4 is 4.90 Å². The van der Waals surface area contributed by atoms with Gasteiger partial charge in [-0.3, -0.25) is 9.59 Å². The summed E-state index contributed by atoms with van der Waals surface area (Å²) in [7, 11) is 0. The minimum absolute atomic E-state index is 0.0895. The van der Waals surface area contributed by atoms with Crippen LogP contribution in [0.15, 0.2) is 59.1 Å². The quantitative estimate of drug-likeness (QED) is 0.599. The van der Waals surface area contributed by atoms with Crippen molar-refractivity contribution < 1.29 is 18.8 Å². The lowest BCUT2D eigenvalue weighted by atomic mass is 10.2. The van der Waals surface area contributed by atoms with Crippen molar-refractivity contribution in [3.8, 4) is 6.07 Å². The molecule has 3 aromatic rings. The molecule has 0 fully saturated rings. The Labute approximate surface area is 155 Å². The fourth-order valence-electron chi connectivity index (χ4n) is 2.64. The summed E-state index contributed by atoms with van der Waals surface area (Å²) in [4.78, 5) is 26.0. The van der Waals surface area contributed by atoms with Gasteiger partial charge in [0.2, 0.25) is 0 Å². The average molecular weight is 363 g/mol. The molecule has 1 heterocycles. The molecule has 0 aliphatic carbocycles. The largest absolute Gasteiger partial charge is 0.455 e. The number of fused-ring (bicyclic) bond motifs is 1. The molecule has 0 atom stereocenters. The first kappa shape index (κ1) is 18.1. The second-order valence-corrected chi connectivity index (χ2v) is 5.75. The molecule has 3 rings (SSSR count). The van der Waals surface area contributed by atoms with Crippen molar-refractivity contribution in [1.82, 2.24) is 5.16 Å². The SMILES string of the molecule is N#CCCN(C(=O)COC(=O)Cc1noc2ccccc12)c1ccccc1. The van der Waals surface area contributed by atoms with Crippen LogP contribution in [0.4, 0.5) is 5.69 Å². The molecular weight excluding hydrogens is 346 g/mol. The lowest BCUT2D eigenvalue weighted by Crippen LogP contribution is -2.35. The van der Waals surface area contributed by atoms with E-state index < -0.39 is 18.5 Å². The molecule has 136 valence electrons. The van der Waals surface area contributed by atoms with Crippen molar-refractivity contribution >= 4 is 28.5 Å². The highest BCUT2D eigenvalue weighted by Crippen LogP contribution is 2.18. The second kappa shape index (κ2) is 8.63. The summed E-state index contributed by atoms with van der Waals surface area (Å²) in [5, 5.41) is 13.4. The summed E-state index contributed by atoms with van der Waals surface area (Å²) in [5.41, 5.74) is 1.70. The van der Waals surface area contributed by atoms with Gasteiger partial charge in [-0.15, -0.1) is 0 Å². The predicted octanol–water partition coefficient (Wildman–Crippen LogP) is 2.86. The van der Waals surface area contributed by atoms with Gasteiger partial charge in [0, 0.05) is 17.6 Å². The topological polar surface area (TPSA) is 96.4 Å². The van der Waals surface area contributed by atoms with Gasteiger partial charge in [-0.1, -0.05) is 35.5 Å². The zero-order valence-electron chi connectivity index (χ0n) is 14.5. The molecule has 1 aromatic heterocycles. The Morgan fingerprint density at radius 1 is 1.11 bits per heavy atom. The number of hydrogen-bond acceptors (Lipinski definition) is 6. The van der Waals surface area contributed by atoms with E-state index in [9.17, 15) is 9.59 Å². The Bertz CT molecular complexity index is 976.